The van der Waals surface area contributed by atoms with Crippen LogP contribution in [0.5, 0.6) is 0 Å². The van der Waals surface area contributed by atoms with Crippen LogP contribution < -0.4 is 5.32 Å². The molecular weight excluding hydrogens is 206 g/mol. The number of rotatable bonds is 4. The van der Waals surface area contributed by atoms with Crippen LogP contribution in [0.2, 0.25) is 0 Å². The van der Waals surface area contributed by atoms with Crippen LogP contribution in [0.15, 0.2) is 12.1 Å². The predicted octanol–water partition coefficient (Wildman–Crippen LogP) is 5.06. The lowest BCUT2D eigenvalue weighted by Crippen LogP contribution is -2.15. The molecule has 17 heavy (non-hydrogen) atoms. The average Bonchev–Trinajstić information content (AvgIpc) is 2.15. The van der Waals surface area contributed by atoms with Gasteiger partial charge in [-0.15, -0.1) is 0 Å². The van der Waals surface area contributed by atoms with Crippen molar-refractivity contribution < 1.29 is 0 Å². The molecule has 1 aromatic carbocycles. The Labute approximate surface area is 107 Å². The van der Waals surface area contributed by atoms with Crippen LogP contribution in [0.1, 0.15) is 70.1 Å². The molecule has 0 atom stereocenters. The van der Waals surface area contributed by atoms with Gasteiger partial charge in [0.25, 0.3) is 0 Å². The first-order valence-corrected chi connectivity index (χ1v) is 6.74. The third-order valence-corrected chi connectivity index (χ3v) is 3.13. The van der Waals surface area contributed by atoms with Crippen molar-refractivity contribution in [1.29, 1.82) is 0 Å². The minimum absolute atomic E-state index is 0.479. The molecule has 0 amide bonds. The van der Waals surface area contributed by atoms with Gasteiger partial charge in [-0.25, -0.2) is 0 Å². The molecule has 0 spiro atoms. The number of aryl methyl sites for hydroxylation is 1. The maximum Gasteiger partial charge on any atom is 0.0415 e. The Kier molecular flexibility index (Phi) is 4.62. The number of hydrogen-bond donors (Lipinski definition) is 1. The summed E-state index contributed by atoms with van der Waals surface area (Å²) in [6.07, 6.45) is 0. The smallest absolute Gasteiger partial charge is 0.0415 e. The van der Waals surface area contributed by atoms with Gasteiger partial charge < -0.3 is 5.32 Å². The van der Waals surface area contributed by atoms with Gasteiger partial charge in [-0.1, -0.05) is 39.8 Å². The summed E-state index contributed by atoms with van der Waals surface area (Å²) in [7, 11) is 0. The zero-order valence-electron chi connectivity index (χ0n) is 12.4. The minimum Gasteiger partial charge on any atom is -0.382 e. The van der Waals surface area contributed by atoms with Crippen molar-refractivity contribution in [2.45, 2.75) is 66.3 Å². The predicted molar refractivity (Wildman–Crippen MR) is 78.1 cm³/mol. The Morgan fingerprint density at radius 1 is 0.882 bits per heavy atom. The van der Waals surface area contributed by atoms with E-state index in [1.165, 1.54) is 22.4 Å². The highest BCUT2D eigenvalue weighted by Gasteiger charge is 2.16. The van der Waals surface area contributed by atoms with Gasteiger partial charge in [-0.05, 0) is 49.3 Å². The molecule has 0 aromatic heterocycles. The molecule has 1 N–H and O–H groups in total. The van der Waals surface area contributed by atoms with Crippen molar-refractivity contribution in [2.75, 3.05) is 5.32 Å². The molecule has 0 unspecified atom stereocenters. The molecule has 0 fully saturated rings. The highest BCUT2D eigenvalue weighted by atomic mass is 14.9. The number of anilines is 1. The van der Waals surface area contributed by atoms with Crippen molar-refractivity contribution in [1.82, 2.24) is 0 Å². The minimum atomic E-state index is 0.479. The first-order valence-electron chi connectivity index (χ1n) is 6.74. The van der Waals surface area contributed by atoms with E-state index in [0.717, 1.165) is 0 Å². The van der Waals surface area contributed by atoms with Crippen molar-refractivity contribution in [2.24, 2.45) is 0 Å². The van der Waals surface area contributed by atoms with E-state index >= 15 is 0 Å². The van der Waals surface area contributed by atoms with E-state index in [1.807, 2.05) is 0 Å². The standard InChI is InChI=1S/C16H27N/c1-10(2)14-9-8-13(7)15(11(3)4)16(14)17-12(5)6/h8-12,17H,1-7H3. The van der Waals surface area contributed by atoms with Crippen molar-refractivity contribution in [3.63, 3.8) is 0 Å². The average molecular weight is 233 g/mol. The summed E-state index contributed by atoms with van der Waals surface area (Å²) in [6, 6.07) is 5.01. The molecule has 1 rings (SSSR count). The van der Waals surface area contributed by atoms with E-state index in [9.17, 15) is 0 Å². The van der Waals surface area contributed by atoms with E-state index in [2.05, 4.69) is 65.9 Å². The highest BCUT2D eigenvalue weighted by molar-refractivity contribution is 5.63. The maximum atomic E-state index is 3.65. The first kappa shape index (κ1) is 14.1. The Morgan fingerprint density at radius 2 is 1.47 bits per heavy atom. The fourth-order valence-corrected chi connectivity index (χ4v) is 2.42. The quantitative estimate of drug-likeness (QED) is 0.766. The molecule has 1 nitrogen and oxygen atoms in total. The second kappa shape index (κ2) is 5.57. The van der Waals surface area contributed by atoms with Crippen LogP contribution >= 0.6 is 0 Å². The molecule has 0 radical (unpaired) electrons. The molecule has 0 aliphatic rings. The fourth-order valence-electron chi connectivity index (χ4n) is 2.42. The molecular formula is C16H27N. The van der Waals surface area contributed by atoms with Crippen LogP contribution in [0.4, 0.5) is 5.69 Å². The molecule has 0 bridgehead atoms. The summed E-state index contributed by atoms with van der Waals surface area (Å²) in [6.45, 7) is 15.7. The Balaban J connectivity index is 3.38. The van der Waals surface area contributed by atoms with Gasteiger partial charge in [-0.3, -0.25) is 0 Å². The van der Waals surface area contributed by atoms with Gasteiger partial charge in [0, 0.05) is 11.7 Å². The monoisotopic (exact) mass is 233 g/mol. The van der Waals surface area contributed by atoms with E-state index in [4.69, 9.17) is 0 Å². The van der Waals surface area contributed by atoms with Gasteiger partial charge >= 0.3 is 0 Å². The Bertz CT molecular complexity index is 375. The first-order chi connectivity index (χ1) is 7.84. The normalized spacial score (nSPS) is 11.6. The zero-order chi connectivity index (χ0) is 13.2. The molecule has 0 aliphatic heterocycles. The summed E-state index contributed by atoms with van der Waals surface area (Å²) in [5.74, 6) is 1.13. The third-order valence-electron chi connectivity index (χ3n) is 3.13. The van der Waals surface area contributed by atoms with Gasteiger partial charge in [0.15, 0.2) is 0 Å². The molecule has 0 aliphatic carbocycles. The number of benzene rings is 1. The zero-order valence-corrected chi connectivity index (χ0v) is 12.4. The van der Waals surface area contributed by atoms with Crippen molar-refractivity contribution >= 4 is 5.69 Å². The number of nitrogens with one attached hydrogen (secondary N) is 1. The van der Waals surface area contributed by atoms with Gasteiger partial charge in [0.2, 0.25) is 0 Å². The largest absolute Gasteiger partial charge is 0.382 e. The second-order valence-electron chi connectivity index (χ2n) is 5.87. The third kappa shape index (κ3) is 3.24. The van der Waals surface area contributed by atoms with Crippen LogP contribution in [-0.4, -0.2) is 6.04 Å². The summed E-state index contributed by atoms with van der Waals surface area (Å²) in [5.41, 5.74) is 5.68. The van der Waals surface area contributed by atoms with E-state index in [1.54, 1.807) is 0 Å². The molecule has 1 heteroatoms. The molecule has 0 saturated carbocycles. The van der Waals surface area contributed by atoms with E-state index in [0.29, 0.717) is 17.9 Å². The Hall–Kier alpha value is -0.980. The van der Waals surface area contributed by atoms with Crippen LogP contribution in [0, 0.1) is 6.92 Å². The topological polar surface area (TPSA) is 12.0 Å². The molecule has 0 saturated heterocycles. The maximum absolute atomic E-state index is 3.65. The van der Waals surface area contributed by atoms with Gasteiger partial charge in [0.1, 0.15) is 0 Å². The molecule has 0 heterocycles. The fraction of sp³-hybridized carbons (Fsp3) is 0.625. The van der Waals surface area contributed by atoms with Crippen LogP contribution in [-0.2, 0) is 0 Å². The van der Waals surface area contributed by atoms with Crippen molar-refractivity contribution in [3.8, 4) is 0 Å². The summed E-state index contributed by atoms with van der Waals surface area (Å²) < 4.78 is 0. The second-order valence-corrected chi connectivity index (χ2v) is 5.87. The van der Waals surface area contributed by atoms with Crippen molar-refractivity contribution in [3.05, 3.63) is 28.8 Å². The SMILES string of the molecule is Cc1ccc(C(C)C)c(NC(C)C)c1C(C)C. The summed E-state index contributed by atoms with van der Waals surface area (Å²) in [4.78, 5) is 0. The van der Waals surface area contributed by atoms with Gasteiger partial charge in [-0.2, -0.15) is 0 Å². The summed E-state index contributed by atoms with van der Waals surface area (Å²) in [5, 5.41) is 3.65. The lowest BCUT2D eigenvalue weighted by Gasteiger charge is -2.24. The molecule has 96 valence electrons. The van der Waals surface area contributed by atoms with E-state index < -0.39 is 0 Å². The van der Waals surface area contributed by atoms with E-state index in [-0.39, 0.29) is 0 Å². The lowest BCUT2D eigenvalue weighted by molar-refractivity contribution is 0.809. The molecule has 1 aromatic rings. The van der Waals surface area contributed by atoms with Crippen LogP contribution in [0.3, 0.4) is 0 Å². The highest BCUT2D eigenvalue weighted by Crippen LogP contribution is 2.35. The Morgan fingerprint density at radius 3 is 1.88 bits per heavy atom. The summed E-state index contributed by atoms with van der Waals surface area (Å²) >= 11 is 0. The van der Waals surface area contributed by atoms with Crippen LogP contribution in [0.25, 0.3) is 0 Å². The van der Waals surface area contributed by atoms with Gasteiger partial charge in [0.05, 0.1) is 0 Å². The number of hydrogen-bond acceptors (Lipinski definition) is 1. The lowest BCUT2D eigenvalue weighted by atomic mass is 9.89.